The Morgan fingerprint density at radius 1 is 1.19 bits per heavy atom. The van der Waals surface area contributed by atoms with Crippen LogP contribution in [0, 0.1) is 0 Å². The maximum Gasteiger partial charge on any atom is 0.266 e. The summed E-state index contributed by atoms with van der Waals surface area (Å²) in [5, 5.41) is 2.83. The normalized spacial score (nSPS) is 14.5. The molecule has 0 radical (unpaired) electrons. The molecule has 2 aromatic rings. The first-order valence-corrected chi connectivity index (χ1v) is 11.3. The number of nitrogens with one attached hydrogen (secondary N) is 1. The third-order valence-electron chi connectivity index (χ3n) is 4.44. The molecule has 0 aromatic heterocycles. The first kappa shape index (κ1) is 23.6. The summed E-state index contributed by atoms with van der Waals surface area (Å²) in [4.78, 5) is 26.7. The summed E-state index contributed by atoms with van der Waals surface area (Å²) >= 11 is 6.53. The summed E-state index contributed by atoms with van der Waals surface area (Å²) in [6, 6.07) is 15.0. The summed E-state index contributed by atoms with van der Waals surface area (Å²) in [5.41, 5.74) is 1.78. The van der Waals surface area contributed by atoms with Crippen LogP contribution in [0.15, 0.2) is 66.1 Å². The largest absolute Gasteiger partial charge is 0.490 e. The highest BCUT2D eigenvalue weighted by atomic mass is 32.2. The predicted molar refractivity (Wildman–Crippen MR) is 131 cm³/mol. The lowest BCUT2D eigenvalue weighted by Crippen LogP contribution is -2.28. The first-order valence-electron chi connectivity index (χ1n) is 10.1. The summed E-state index contributed by atoms with van der Waals surface area (Å²) < 4.78 is 11.9. The number of carbonyl (C=O) groups excluding carboxylic acids is 2. The van der Waals surface area contributed by atoms with Crippen molar-refractivity contribution < 1.29 is 19.1 Å². The van der Waals surface area contributed by atoms with Gasteiger partial charge in [0.15, 0.2) is 18.1 Å². The van der Waals surface area contributed by atoms with Gasteiger partial charge in [0, 0.05) is 13.1 Å². The van der Waals surface area contributed by atoms with Gasteiger partial charge in [0.1, 0.15) is 4.32 Å². The fourth-order valence-electron chi connectivity index (χ4n) is 2.93. The molecule has 0 saturated carbocycles. The number of thioether (sulfide) groups is 1. The number of nitrogens with zero attached hydrogens (tertiary/aromatic N) is 1. The van der Waals surface area contributed by atoms with Crippen LogP contribution in [0.4, 0.5) is 0 Å². The first-order chi connectivity index (χ1) is 15.5. The number of amides is 2. The smallest absolute Gasteiger partial charge is 0.266 e. The monoisotopic (exact) mass is 468 g/mol. The van der Waals surface area contributed by atoms with E-state index in [1.165, 1.54) is 16.7 Å². The van der Waals surface area contributed by atoms with Crippen molar-refractivity contribution in [2.45, 2.75) is 13.5 Å². The molecule has 8 heteroatoms. The number of hydrogen-bond acceptors (Lipinski definition) is 6. The molecule has 0 spiro atoms. The van der Waals surface area contributed by atoms with Crippen molar-refractivity contribution in [3.8, 4) is 11.5 Å². The van der Waals surface area contributed by atoms with E-state index >= 15 is 0 Å². The topological polar surface area (TPSA) is 67.9 Å². The zero-order valence-corrected chi connectivity index (χ0v) is 19.3. The number of thiocarbonyl (C=S) groups is 1. The summed E-state index contributed by atoms with van der Waals surface area (Å²) in [5.74, 6) is 0.580. The fraction of sp³-hybridized carbons (Fsp3) is 0.208. The molecule has 0 unspecified atom stereocenters. The van der Waals surface area contributed by atoms with Gasteiger partial charge in [-0.2, -0.15) is 0 Å². The van der Waals surface area contributed by atoms with Crippen LogP contribution >= 0.6 is 24.0 Å². The highest BCUT2D eigenvalue weighted by Crippen LogP contribution is 2.34. The van der Waals surface area contributed by atoms with Crippen LogP contribution in [0.5, 0.6) is 11.5 Å². The number of rotatable bonds is 10. The van der Waals surface area contributed by atoms with E-state index in [1.807, 2.05) is 37.3 Å². The Kier molecular flexibility index (Phi) is 8.47. The fourth-order valence-corrected chi connectivity index (χ4v) is 4.21. The Morgan fingerprint density at radius 3 is 2.69 bits per heavy atom. The second kappa shape index (κ2) is 11.5. The maximum atomic E-state index is 12.5. The molecule has 1 aliphatic rings. The molecule has 0 atom stereocenters. The van der Waals surface area contributed by atoms with Gasteiger partial charge < -0.3 is 14.8 Å². The van der Waals surface area contributed by atoms with E-state index < -0.39 is 0 Å². The van der Waals surface area contributed by atoms with Crippen LogP contribution in [-0.2, 0) is 16.1 Å². The van der Waals surface area contributed by atoms with Crippen LogP contribution < -0.4 is 14.8 Å². The Morgan fingerprint density at radius 2 is 1.97 bits per heavy atom. The third-order valence-corrected chi connectivity index (χ3v) is 5.82. The van der Waals surface area contributed by atoms with Crippen molar-refractivity contribution in [3.63, 3.8) is 0 Å². The van der Waals surface area contributed by atoms with Gasteiger partial charge in [0.25, 0.3) is 11.8 Å². The average molecular weight is 469 g/mol. The number of benzene rings is 2. The SMILES string of the molecule is C=CCN1C(=O)/C(=C/c2ccc(OCC(=O)NCc3ccccc3)c(OCC)c2)SC1=S. The number of hydrogen-bond donors (Lipinski definition) is 1. The second-order valence-corrected chi connectivity index (χ2v) is 8.45. The average Bonchev–Trinajstić information content (AvgIpc) is 3.05. The molecule has 1 N–H and O–H groups in total. The Hall–Kier alpha value is -3.10. The van der Waals surface area contributed by atoms with Gasteiger partial charge in [-0.1, -0.05) is 66.5 Å². The third kappa shape index (κ3) is 6.21. The molecule has 0 aliphatic carbocycles. The van der Waals surface area contributed by atoms with Gasteiger partial charge in [-0.15, -0.1) is 6.58 Å². The molecular formula is C24H24N2O4S2. The molecule has 1 aliphatic heterocycles. The van der Waals surface area contributed by atoms with Crippen molar-refractivity contribution >= 4 is 46.2 Å². The van der Waals surface area contributed by atoms with Crippen molar-refractivity contribution in [2.24, 2.45) is 0 Å². The van der Waals surface area contributed by atoms with Crippen LogP contribution in [0.2, 0.25) is 0 Å². The minimum absolute atomic E-state index is 0.132. The highest BCUT2D eigenvalue weighted by molar-refractivity contribution is 8.26. The van der Waals surface area contributed by atoms with Gasteiger partial charge in [0.2, 0.25) is 0 Å². The van der Waals surface area contributed by atoms with Crippen LogP contribution in [0.25, 0.3) is 6.08 Å². The predicted octanol–water partition coefficient (Wildman–Crippen LogP) is 4.17. The maximum absolute atomic E-state index is 12.5. The van der Waals surface area contributed by atoms with E-state index in [-0.39, 0.29) is 18.4 Å². The van der Waals surface area contributed by atoms with E-state index in [9.17, 15) is 9.59 Å². The van der Waals surface area contributed by atoms with Gasteiger partial charge >= 0.3 is 0 Å². The second-order valence-electron chi connectivity index (χ2n) is 6.77. The molecule has 1 fully saturated rings. The molecule has 2 aromatic carbocycles. The van der Waals surface area contributed by atoms with E-state index in [2.05, 4.69) is 11.9 Å². The quantitative estimate of drug-likeness (QED) is 0.321. The molecule has 6 nitrogen and oxygen atoms in total. The van der Waals surface area contributed by atoms with Gasteiger partial charge in [-0.3, -0.25) is 14.5 Å². The van der Waals surface area contributed by atoms with Crippen LogP contribution in [-0.4, -0.2) is 40.8 Å². The van der Waals surface area contributed by atoms with E-state index in [0.717, 1.165) is 11.1 Å². The van der Waals surface area contributed by atoms with Crippen molar-refractivity contribution in [3.05, 3.63) is 77.2 Å². The Labute approximate surface area is 197 Å². The Balaban J connectivity index is 1.65. The number of ether oxygens (including phenoxy) is 2. The summed E-state index contributed by atoms with van der Waals surface area (Å²) in [6.45, 7) is 6.64. The highest BCUT2D eigenvalue weighted by Gasteiger charge is 2.31. The minimum Gasteiger partial charge on any atom is -0.490 e. The van der Waals surface area contributed by atoms with Gasteiger partial charge in [0.05, 0.1) is 11.5 Å². The lowest BCUT2D eigenvalue weighted by atomic mass is 10.2. The lowest BCUT2D eigenvalue weighted by molar-refractivity contribution is -0.123. The molecule has 2 amide bonds. The standard InChI is InChI=1S/C24H24N2O4S2/c1-3-12-26-23(28)21(32-24(26)31)14-18-10-11-19(20(13-18)29-4-2)30-16-22(27)25-15-17-8-6-5-7-9-17/h3,5-11,13-14H,1,4,12,15-16H2,2H3,(H,25,27)/b21-14-. The molecule has 3 rings (SSSR count). The minimum atomic E-state index is -0.230. The van der Waals surface area contributed by atoms with Crippen molar-refractivity contribution in [1.29, 1.82) is 0 Å². The van der Waals surface area contributed by atoms with Crippen molar-refractivity contribution in [2.75, 3.05) is 19.8 Å². The van der Waals surface area contributed by atoms with Crippen LogP contribution in [0.1, 0.15) is 18.1 Å². The lowest BCUT2D eigenvalue weighted by Gasteiger charge is -2.13. The summed E-state index contributed by atoms with van der Waals surface area (Å²) in [6.07, 6.45) is 3.41. The van der Waals surface area contributed by atoms with E-state index in [1.54, 1.807) is 30.4 Å². The molecule has 1 saturated heterocycles. The molecule has 166 valence electrons. The Bertz CT molecular complexity index is 1040. The van der Waals surface area contributed by atoms with E-state index in [0.29, 0.717) is 40.4 Å². The van der Waals surface area contributed by atoms with Crippen molar-refractivity contribution in [1.82, 2.24) is 10.2 Å². The summed E-state index contributed by atoms with van der Waals surface area (Å²) in [7, 11) is 0. The zero-order chi connectivity index (χ0) is 22.9. The molecule has 32 heavy (non-hydrogen) atoms. The molecule has 0 bridgehead atoms. The zero-order valence-electron chi connectivity index (χ0n) is 17.7. The van der Waals surface area contributed by atoms with E-state index in [4.69, 9.17) is 21.7 Å². The van der Waals surface area contributed by atoms with Gasteiger partial charge in [-0.05, 0) is 36.3 Å². The molecular weight excluding hydrogens is 444 g/mol. The van der Waals surface area contributed by atoms with Crippen LogP contribution in [0.3, 0.4) is 0 Å². The number of carbonyl (C=O) groups is 2. The molecule has 1 heterocycles. The van der Waals surface area contributed by atoms with Gasteiger partial charge in [-0.25, -0.2) is 0 Å².